The molecular formula is C15H19N3O. The molecule has 2 aliphatic rings. The van der Waals surface area contributed by atoms with E-state index in [-0.39, 0.29) is 11.9 Å². The Hall–Kier alpha value is -1.81. The van der Waals surface area contributed by atoms with Gasteiger partial charge in [0.05, 0.1) is 0 Å². The molecule has 1 atom stereocenters. The van der Waals surface area contributed by atoms with Crippen molar-refractivity contribution in [2.45, 2.75) is 12.5 Å². The number of benzene rings is 1. The van der Waals surface area contributed by atoms with Gasteiger partial charge in [-0.2, -0.15) is 0 Å². The van der Waals surface area contributed by atoms with E-state index < -0.39 is 0 Å². The van der Waals surface area contributed by atoms with Gasteiger partial charge in [0.15, 0.2) is 0 Å². The monoisotopic (exact) mass is 257 g/mol. The van der Waals surface area contributed by atoms with Crippen LogP contribution in [0.2, 0.25) is 0 Å². The zero-order chi connectivity index (χ0) is 13.1. The van der Waals surface area contributed by atoms with E-state index in [0.717, 1.165) is 26.1 Å². The number of carbonyl (C=O) groups is 1. The Bertz CT molecular complexity index is 498. The largest absolute Gasteiger partial charge is 0.369 e. The lowest BCUT2D eigenvalue weighted by molar-refractivity contribution is -0.121. The number of fused-ring (bicyclic) bond motifs is 1. The molecule has 19 heavy (non-hydrogen) atoms. The van der Waals surface area contributed by atoms with Crippen LogP contribution in [0.25, 0.3) is 0 Å². The first kappa shape index (κ1) is 12.2. The van der Waals surface area contributed by atoms with Crippen molar-refractivity contribution in [3.8, 4) is 0 Å². The van der Waals surface area contributed by atoms with Gasteiger partial charge in [-0.15, -0.1) is 0 Å². The van der Waals surface area contributed by atoms with Gasteiger partial charge in [-0.05, 0) is 18.1 Å². The maximum Gasteiger partial charge on any atom is 0.241 e. The zero-order valence-corrected chi connectivity index (χ0v) is 10.9. The summed E-state index contributed by atoms with van der Waals surface area (Å²) < 4.78 is 0. The Morgan fingerprint density at radius 2 is 2.32 bits per heavy atom. The van der Waals surface area contributed by atoms with Crippen LogP contribution >= 0.6 is 0 Å². The molecule has 1 aromatic carbocycles. The van der Waals surface area contributed by atoms with Gasteiger partial charge in [-0.25, -0.2) is 0 Å². The SMILES string of the molecule is O=C(NCCN1CCc2ccccc21)[C@@H]1C=CCN1. The summed E-state index contributed by atoms with van der Waals surface area (Å²) in [4.78, 5) is 14.2. The molecule has 0 bridgehead atoms. The van der Waals surface area contributed by atoms with E-state index in [9.17, 15) is 4.79 Å². The summed E-state index contributed by atoms with van der Waals surface area (Å²) in [6, 6.07) is 8.35. The van der Waals surface area contributed by atoms with Crippen molar-refractivity contribution in [1.29, 1.82) is 0 Å². The highest BCUT2D eigenvalue weighted by Gasteiger charge is 2.19. The van der Waals surface area contributed by atoms with Crippen LogP contribution in [0.5, 0.6) is 0 Å². The van der Waals surface area contributed by atoms with Gasteiger partial charge in [-0.1, -0.05) is 30.4 Å². The number of nitrogens with one attached hydrogen (secondary N) is 2. The molecule has 2 aliphatic heterocycles. The van der Waals surface area contributed by atoms with Crippen LogP contribution in [0.3, 0.4) is 0 Å². The highest BCUT2D eigenvalue weighted by Crippen LogP contribution is 2.26. The lowest BCUT2D eigenvalue weighted by atomic mass is 10.2. The molecule has 2 heterocycles. The summed E-state index contributed by atoms with van der Waals surface area (Å²) in [5.41, 5.74) is 2.73. The van der Waals surface area contributed by atoms with E-state index in [2.05, 4.69) is 39.8 Å². The van der Waals surface area contributed by atoms with Crippen molar-refractivity contribution in [3.05, 3.63) is 42.0 Å². The molecule has 0 unspecified atom stereocenters. The van der Waals surface area contributed by atoms with Crippen molar-refractivity contribution in [3.63, 3.8) is 0 Å². The Morgan fingerprint density at radius 1 is 1.42 bits per heavy atom. The second kappa shape index (κ2) is 5.45. The molecule has 0 radical (unpaired) electrons. The Balaban J connectivity index is 1.48. The number of rotatable bonds is 4. The van der Waals surface area contributed by atoms with Crippen LogP contribution in [0.4, 0.5) is 5.69 Å². The van der Waals surface area contributed by atoms with Crippen molar-refractivity contribution < 1.29 is 4.79 Å². The topological polar surface area (TPSA) is 44.4 Å². The maximum absolute atomic E-state index is 11.8. The van der Waals surface area contributed by atoms with E-state index in [1.54, 1.807) is 0 Å². The molecule has 1 amide bonds. The minimum atomic E-state index is -0.147. The summed E-state index contributed by atoms with van der Waals surface area (Å²) in [7, 11) is 0. The number of nitrogens with zero attached hydrogens (tertiary/aromatic N) is 1. The number of amides is 1. The fourth-order valence-corrected chi connectivity index (χ4v) is 2.71. The number of hydrogen-bond donors (Lipinski definition) is 2. The van der Waals surface area contributed by atoms with Crippen molar-refractivity contribution in [1.82, 2.24) is 10.6 Å². The van der Waals surface area contributed by atoms with E-state index in [1.165, 1.54) is 11.3 Å². The van der Waals surface area contributed by atoms with E-state index in [0.29, 0.717) is 6.54 Å². The fourth-order valence-electron chi connectivity index (χ4n) is 2.71. The van der Waals surface area contributed by atoms with Gasteiger partial charge in [0, 0.05) is 31.9 Å². The van der Waals surface area contributed by atoms with Crippen LogP contribution in [-0.4, -0.2) is 38.1 Å². The third kappa shape index (κ3) is 2.63. The lowest BCUT2D eigenvalue weighted by Crippen LogP contribution is -2.43. The van der Waals surface area contributed by atoms with Crippen LogP contribution in [0.15, 0.2) is 36.4 Å². The minimum absolute atomic E-state index is 0.0706. The molecule has 0 saturated carbocycles. The summed E-state index contributed by atoms with van der Waals surface area (Å²) in [5.74, 6) is 0.0706. The summed E-state index contributed by atoms with van der Waals surface area (Å²) in [6.07, 6.45) is 5.01. The van der Waals surface area contributed by atoms with Crippen molar-refractivity contribution >= 4 is 11.6 Å². The summed E-state index contributed by atoms with van der Waals surface area (Å²) in [5, 5.41) is 6.10. The first-order chi connectivity index (χ1) is 9.34. The first-order valence-corrected chi connectivity index (χ1v) is 6.85. The molecular weight excluding hydrogens is 238 g/mol. The van der Waals surface area contributed by atoms with Crippen LogP contribution in [0.1, 0.15) is 5.56 Å². The number of hydrogen-bond acceptors (Lipinski definition) is 3. The van der Waals surface area contributed by atoms with Gasteiger partial charge in [0.25, 0.3) is 0 Å². The lowest BCUT2D eigenvalue weighted by Gasteiger charge is -2.20. The second-order valence-corrected chi connectivity index (χ2v) is 4.97. The van der Waals surface area contributed by atoms with E-state index >= 15 is 0 Å². The molecule has 3 rings (SSSR count). The summed E-state index contributed by atoms with van der Waals surface area (Å²) >= 11 is 0. The van der Waals surface area contributed by atoms with Gasteiger partial charge in [0.1, 0.15) is 6.04 Å². The highest BCUT2D eigenvalue weighted by molar-refractivity contribution is 5.84. The predicted octanol–water partition coefficient (Wildman–Crippen LogP) is 0.693. The fraction of sp³-hybridized carbons (Fsp3) is 0.400. The molecule has 100 valence electrons. The normalized spacial score (nSPS) is 20.6. The van der Waals surface area contributed by atoms with Crippen LogP contribution in [-0.2, 0) is 11.2 Å². The standard InChI is InChI=1S/C15H19N3O/c19-15(13-5-3-8-16-13)17-9-11-18-10-7-12-4-1-2-6-14(12)18/h1-6,13,16H,7-11H2,(H,17,19)/t13-/m0/s1. The average Bonchev–Trinajstić information content (AvgIpc) is 3.08. The van der Waals surface area contributed by atoms with Gasteiger partial charge in [-0.3, -0.25) is 10.1 Å². The number of para-hydroxylation sites is 1. The Labute approximate surface area is 113 Å². The van der Waals surface area contributed by atoms with Gasteiger partial charge in [0.2, 0.25) is 5.91 Å². The molecule has 1 aromatic rings. The van der Waals surface area contributed by atoms with Crippen LogP contribution in [0, 0.1) is 0 Å². The predicted molar refractivity (Wildman–Crippen MR) is 76.3 cm³/mol. The molecule has 0 aliphatic carbocycles. The third-order valence-electron chi connectivity index (χ3n) is 3.73. The molecule has 0 fully saturated rings. The smallest absolute Gasteiger partial charge is 0.241 e. The van der Waals surface area contributed by atoms with E-state index in [4.69, 9.17) is 0 Å². The number of anilines is 1. The Kier molecular flexibility index (Phi) is 3.51. The molecule has 4 heteroatoms. The third-order valence-corrected chi connectivity index (χ3v) is 3.73. The first-order valence-electron chi connectivity index (χ1n) is 6.85. The molecule has 0 saturated heterocycles. The van der Waals surface area contributed by atoms with Crippen LogP contribution < -0.4 is 15.5 Å². The minimum Gasteiger partial charge on any atom is -0.369 e. The molecule has 4 nitrogen and oxygen atoms in total. The molecule has 2 N–H and O–H groups in total. The zero-order valence-electron chi connectivity index (χ0n) is 10.9. The highest BCUT2D eigenvalue weighted by atomic mass is 16.2. The van der Waals surface area contributed by atoms with E-state index in [1.807, 2.05) is 12.2 Å². The second-order valence-electron chi connectivity index (χ2n) is 4.97. The number of carbonyl (C=O) groups excluding carboxylic acids is 1. The molecule has 0 aromatic heterocycles. The van der Waals surface area contributed by atoms with Gasteiger partial charge < -0.3 is 10.2 Å². The van der Waals surface area contributed by atoms with Crippen molar-refractivity contribution in [2.24, 2.45) is 0 Å². The average molecular weight is 257 g/mol. The summed E-state index contributed by atoms with van der Waals surface area (Å²) in [6.45, 7) is 3.41. The quantitative estimate of drug-likeness (QED) is 0.780. The Morgan fingerprint density at radius 3 is 3.16 bits per heavy atom. The molecule has 0 spiro atoms. The van der Waals surface area contributed by atoms with Crippen molar-refractivity contribution in [2.75, 3.05) is 31.1 Å². The maximum atomic E-state index is 11.8. The van der Waals surface area contributed by atoms with Gasteiger partial charge >= 0.3 is 0 Å².